The van der Waals surface area contributed by atoms with Gasteiger partial charge in [0.15, 0.2) is 0 Å². The zero-order chi connectivity index (χ0) is 16.3. The van der Waals surface area contributed by atoms with E-state index >= 15 is 0 Å². The highest BCUT2D eigenvalue weighted by Gasteiger charge is 2.17. The van der Waals surface area contributed by atoms with Crippen molar-refractivity contribution in [3.63, 3.8) is 0 Å². The highest BCUT2D eigenvalue weighted by atomic mass is 33.1. The summed E-state index contributed by atoms with van der Waals surface area (Å²) in [4.78, 5) is 23.5. The van der Waals surface area contributed by atoms with Crippen LogP contribution in [0.25, 0.3) is 0 Å². The third-order valence-corrected chi connectivity index (χ3v) is 10.1. The fourth-order valence-electron chi connectivity index (χ4n) is 2.72. The summed E-state index contributed by atoms with van der Waals surface area (Å²) < 4.78 is 0. The maximum absolute atomic E-state index is 11.7. The molecule has 1 N–H and O–H groups in total. The maximum Gasteiger partial charge on any atom is 0.226 e. The molecule has 2 heterocycles. The van der Waals surface area contributed by atoms with Gasteiger partial charge in [-0.2, -0.15) is 0 Å². The molecule has 0 spiro atoms. The lowest BCUT2D eigenvalue weighted by molar-refractivity contribution is -0.130. The van der Waals surface area contributed by atoms with E-state index in [2.05, 4.69) is 5.32 Å². The Labute approximate surface area is 155 Å². The minimum atomic E-state index is -0.0915. The molecule has 0 radical (unpaired) electrons. The summed E-state index contributed by atoms with van der Waals surface area (Å²) in [5.74, 6) is 2.35. The third-order valence-electron chi connectivity index (χ3n) is 4.09. The van der Waals surface area contributed by atoms with E-state index in [0.29, 0.717) is 12.8 Å². The van der Waals surface area contributed by atoms with Crippen LogP contribution in [0.3, 0.4) is 0 Å². The first-order valence-electron chi connectivity index (χ1n) is 8.63. The predicted molar refractivity (Wildman–Crippen MR) is 107 cm³/mol. The van der Waals surface area contributed by atoms with Crippen molar-refractivity contribution < 1.29 is 9.59 Å². The largest absolute Gasteiger partial charge is 0.296 e. The number of carbonyl (C=O) groups excluding carboxylic acids is 2. The number of rotatable bonds is 10. The second-order valence-corrected chi connectivity index (χ2v) is 11.7. The van der Waals surface area contributed by atoms with E-state index in [1.165, 1.54) is 37.2 Å². The van der Waals surface area contributed by atoms with E-state index < -0.39 is 0 Å². The molecular formula is C16H27NO2S4. The molecular weight excluding hydrogens is 366 g/mol. The normalized spacial score (nSPS) is 24.0. The van der Waals surface area contributed by atoms with Gasteiger partial charge in [-0.1, -0.05) is 56.0 Å². The summed E-state index contributed by atoms with van der Waals surface area (Å²) in [5.41, 5.74) is 0. The molecule has 2 rings (SSSR count). The highest BCUT2D eigenvalue weighted by Crippen LogP contribution is 2.40. The minimum Gasteiger partial charge on any atom is -0.296 e. The summed E-state index contributed by atoms with van der Waals surface area (Å²) in [6.07, 6.45) is 9.99. The molecule has 2 aliphatic heterocycles. The number of nitrogens with one attached hydrogen (secondary N) is 1. The second-order valence-electron chi connectivity index (χ2n) is 6.12. The van der Waals surface area contributed by atoms with Gasteiger partial charge in [-0.05, 0) is 38.5 Å². The van der Waals surface area contributed by atoms with Gasteiger partial charge in [0.25, 0.3) is 0 Å². The summed E-state index contributed by atoms with van der Waals surface area (Å²) in [5, 5.41) is 4.10. The topological polar surface area (TPSA) is 46.2 Å². The van der Waals surface area contributed by atoms with Gasteiger partial charge in [0.05, 0.1) is 0 Å². The van der Waals surface area contributed by atoms with Crippen molar-refractivity contribution in [3.8, 4) is 0 Å². The Kier molecular flexibility index (Phi) is 10.3. The van der Waals surface area contributed by atoms with Gasteiger partial charge in [-0.3, -0.25) is 14.9 Å². The van der Waals surface area contributed by atoms with Crippen LogP contribution in [0, 0.1) is 0 Å². The average molecular weight is 394 g/mol. The van der Waals surface area contributed by atoms with Crippen molar-refractivity contribution >= 4 is 55.0 Å². The number of hydrogen-bond donors (Lipinski definition) is 1. The molecule has 0 saturated carbocycles. The van der Waals surface area contributed by atoms with Crippen LogP contribution >= 0.6 is 43.2 Å². The predicted octanol–water partition coefficient (Wildman–Crippen LogP) is 5.06. The SMILES string of the molecule is O=C(CCCCC1CCSS1)NC(=O)CCCCC1CCSS1. The number of carbonyl (C=O) groups is 2. The molecule has 2 atom stereocenters. The van der Waals surface area contributed by atoms with Crippen LogP contribution in [0.15, 0.2) is 0 Å². The Bertz CT molecular complexity index is 335. The summed E-state index contributed by atoms with van der Waals surface area (Å²) in [6, 6.07) is 0. The van der Waals surface area contributed by atoms with Crippen LogP contribution in [0.2, 0.25) is 0 Å². The van der Waals surface area contributed by atoms with Gasteiger partial charge in [-0.25, -0.2) is 0 Å². The molecule has 2 fully saturated rings. The van der Waals surface area contributed by atoms with Gasteiger partial charge in [0, 0.05) is 34.8 Å². The molecule has 132 valence electrons. The summed E-state index contributed by atoms with van der Waals surface area (Å²) in [7, 11) is 7.91. The molecule has 0 aromatic rings. The van der Waals surface area contributed by atoms with Gasteiger partial charge in [0.2, 0.25) is 11.8 Å². The standard InChI is InChI=1S/C16H27NO2S4/c18-15(7-3-1-5-13-9-11-20-22-13)17-16(19)8-4-2-6-14-10-12-21-23-14/h13-14H,1-12H2,(H,17,18,19). The molecule has 3 nitrogen and oxygen atoms in total. The Balaban J connectivity index is 1.41. The van der Waals surface area contributed by atoms with Crippen LogP contribution in [0.5, 0.6) is 0 Å². The lowest BCUT2D eigenvalue weighted by atomic mass is 10.1. The first-order valence-corrected chi connectivity index (χ1v) is 13.4. The van der Waals surface area contributed by atoms with E-state index in [4.69, 9.17) is 0 Å². The van der Waals surface area contributed by atoms with Crippen LogP contribution in [-0.4, -0.2) is 33.8 Å². The average Bonchev–Trinajstić information content (AvgIpc) is 3.21. The first kappa shape index (κ1) is 19.9. The van der Waals surface area contributed by atoms with Gasteiger partial charge >= 0.3 is 0 Å². The summed E-state index contributed by atoms with van der Waals surface area (Å²) >= 11 is 0. The fourth-order valence-corrected chi connectivity index (χ4v) is 8.78. The number of imide groups is 1. The van der Waals surface area contributed by atoms with E-state index in [-0.39, 0.29) is 11.8 Å². The Morgan fingerprint density at radius 3 is 1.65 bits per heavy atom. The lowest BCUT2D eigenvalue weighted by Gasteiger charge is -2.08. The molecule has 23 heavy (non-hydrogen) atoms. The van der Waals surface area contributed by atoms with Crippen molar-refractivity contribution in [2.24, 2.45) is 0 Å². The number of amides is 2. The van der Waals surface area contributed by atoms with Crippen molar-refractivity contribution in [1.82, 2.24) is 5.32 Å². The molecule has 0 aromatic heterocycles. The molecule has 2 aliphatic rings. The Hall–Kier alpha value is 0.540. The van der Waals surface area contributed by atoms with Gasteiger partial charge < -0.3 is 0 Å². The van der Waals surface area contributed by atoms with Crippen LogP contribution < -0.4 is 5.32 Å². The lowest BCUT2D eigenvalue weighted by Crippen LogP contribution is -2.29. The van der Waals surface area contributed by atoms with Gasteiger partial charge in [0.1, 0.15) is 0 Å². The van der Waals surface area contributed by atoms with E-state index in [9.17, 15) is 9.59 Å². The zero-order valence-corrected chi connectivity index (χ0v) is 16.9. The van der Waals surface area contributed by atoms with E-state index in [1.807, 2.05) is 43.2 Å². The quantitative estimate of drug-likeness (QED) is 0.413. The van der Waals surface area contributed by atoms with Gasteiger partial charge in [-0.15, -0.1) is 0 Å². The molecule has 0 bridgehead atoms. The molecule has 0 aliphatic carbocycles. The van der Waals surface area contributed by atoms with Crippen molar-refractivity contribution in [1.29, 1.82) is 0 Å². The number of unbranched alkanes of at least 4 members (excludes halogenated alkanes) is 2. The number of hydrogen-bond acceptors (Lipinski definition) is 6. The molecule has 2 saturated heterocycles. The van der Waals surface area contributed by atoms with Crippen molar-refractivity contribution in [2.75, 3.05) is 11.5 Å². The summed E-state index contributed by atoms with van der Waals surface area (Å²) in [6.45, 7) is 0. The van der Waals surface area contributed by atoms with E-state index in [1.54, 1.807) is 0 Å². The Morgan fingerprint density at radius 1 is 0.783 bits per heavy atom. The van der Waals surface area contributed by atoms with Crippen LogP contribution in [0.1, 0.15) is 64.2 Å². The molecule has 7 heteroatoms. The fraction of sp³-hybridized carbons (Fsp3) is 0.875. The Morgan fingerprint density at radius 2 is 1.26 bits per heavy atom. The van der Waals surface area contributed by atoms with Crippen LogP contribution in [0.4, 0.5) is 0 Å². The zero-order valence-electron chi connectivity index (χ0n) is 13.6. The third kappa shape index (κ3) is 8.98. The van der Waals surface area contributed by atoms with Crippen molar-refractivity contribution in [3.05, 3.63) is 0 Å². The molecule has 2 unspecified atom stereocenters. The van der Waals surface area contributed by atoms with E-state index in [0.717, 1.165) is 36.2 Å². The smallest absolute Gasteiger partial charge is 0.226 e. The highest BCUT2D eigenvalue weighted by molar-refractivity contribution is 8.77. The van der Waals surface area contributed by atoms with Crippen molar-refractivity contribution in [2.45, 2.75) is 74.7 Å². The maximum atomic E-state index is 11.7. The monoisotopic (exact) mass is 393 g/mol. The van der Waals surface area contributed by atoms with Crippen LogP contribution in [-0.2, 0) is 9.59 Å². The second kappa shape index (κ2) is 12.0. The minimum absolute atomic E-state index is 0.0915. The first-order chi connectivity index (χ1) is 11.2. The molecule has 2 amide bonds. The molecule has 0 aromatic carbocycles.